The highest BCUT2D eigenvalue weighted by Gasteiger charge is 2.39. The Morgan fingerprint density at radius 3 is 2.37 bits per heavy atom. The number of hydrogen-bond acceptors (Lipinski definition) is 3. The van der Waals surface area contributed by atoms with E-state index >= 15 is 0 Å². The van der Waals surface area contributed by atoms with Crippen LogP contribution in [0.5, 0.6) is 0 Å². The number of hydrogen-bond donors (Lipinski definition) is 3. The van der Waals surface area contributed by atoms with Gasteiger partial charge in [0.05, 0.1) is 0 Å². The van der Waals surface area contributed by atoms with E-state index in [2.05, 4.69) is 5.32 Å². The van der Waals surface area contributed by atoms with Gasteiger partial charge >= 0.3 is 6.18 Å². The SMILES string of the molecule is NC(=O)C1=CCC(CCCC(F)(F)F)(C(N)=O)NC1. The highest BCUT2D eigenvalue weighted by molar-refractivity contribution is 5.93. The van der Waals surface area contributed by atoms with Crippen molar-refractivity contribution in [2.75, 3.05) is 6.54 Å². The molecule has 0 fully saturated rings. The number of nitrogens with two attached hydrogens (primary N) is 2. The molecule has 0 aromatic heterocycles. The van der Waals surface area contributed by atoms with Crippen LogP contribution in [-0.2, 0) is 9.59 Å². The Bertz CT molecular complexity index is 406. The highest BCUT2D eigenvalue weighted by Crippen LogP contribution is 2.28. The van der Waals surface area contributed by atoms with Gasteiger partial charge in [0.15, 0.2) is 0 Å². The summed E-state index contributed by atoms with van der Waals surface area (Å²) in [6.07, 6.45) is -3.96. The van der Waals surface area contributed by atoms with Gasteiger partial charge in [-0.2, -0.15) is 13.2 Å². The Balaban J connectivity index is 2.68. The number of primary amides is 2. The van der Waals surface area contributed by atoms with Crippen LogP contribution < -0.4 is 16.8 Å². The number of carbonyl (C=O) groups excluding carboxylic acids is 2. The van der Waals surface area contributed by atoms with E-state index in [1.165, 1.54) is 6.08 Å². The van der Waals surface area contributed by atoms with Gasteiger partial charge in [-0.05, 0) is 19.3 Å². The summed E-state index contributed by atoms with van der Waals surface area (Å²) in [6, 6.07) is 0. The van der Waals surface area contributed by atoms with Gasteiger partial charge in [-0.15, -0.1) is 0 Å². The summed E-state index contributed by atoms with van der Waals surface area (Å²) in [5.41, 5.74) is 9.39. The van der Waals surface area contributed by atoms with E-state index in [1.807, 2.05) is 0 Å². The molecule has 1 aliphatic rings. The van der Waals surface area contributed by atoms with Gasteiger partial charge < -0.3 is 11.5 Å². The van der Waals surface area contributed by atoms with E-state index in [0.29, 0.717) is 5.57 Å². The van der Waals surface area contributed by atoms with Gasteiger partial charge in [0.1, 0.15) is 5.54 Å². The van der Waals surface area contributed by atoms with Gasteiger partial charge in [-0.1, -0.05) is 6.08 Å². The van der Waals surface area contributed by atoms with Gasteiger partial charge in [-0.25, -0.2) is 0 Å². The average molecular weight is 279 g/mol. The van der Waals surface area contributed by atoms with Crippen LogP contribution in [0.25, 0.3) is 0 Å². The Labute approximate surface area is 108 Å². The van der Waals surface area contributed by atoms with Gasteiger partial charge in [-0.3, -0.25) is 14.9 Å². The van der Waals surface area contributed by atoms with Crippen LogP contribution >= 0.6 is 0 Å². The van der Waals surface area contributed by atoms with Crippen molar-refractivity contribution in [3.05, 3.63) is 11.6 Å². The fourth-order valence-corrected chi connectivity index (χ4v) is 1.99. The lowest BCUT2D eigenvalue weighted by atomic mass is 9.84. The topological polar surface area (TPSA) is 98.2 Å². The molecule has 0 aromatic carbocycles. The Hall–Kier alpha value is -1.57. The normalized spacial score (nSPS) is 23.8. The van der Waals surface area contributed by atoms with Crippen LogP contribution in [0.2, 0.25) is 0 Å². The molecule has 5 nitrogen and oxygen atoms in total. The maximum absolute atomic E-state index is 12.1. The first kappa shape index (κ1) is 15.5. The van der Waals surface area contributed by atoms with Crippen molar-refractivity contribution >= 4 is 11.8 Å². The van der Waals surface area contributed by atoms with Crippen molar-refractivity contribution in [1.29, 1.82) is 0 Å². The second kappa shape index (κ2) is 5.60. The molecule has 0 radical (unpaired) electrons. The van der Waals surface area contributed by atoms with Gasteiger partial charge in [0.25, 0.3) is 0 Å². The zero-order valence-electron chi connectivity index (χ0n) is 10.2. The third-order valence-electron chi connectivity index (χ3n) is 3.17. The quantitative estimate of drug-likeness (QED) is 0.677. The monoisotopic (exact) mass is 279 g/mol. The van der Waals surface area contributed by atoms with Crippen LogP contribution in [-0.4, -0.2) is 30.1 Å². The lowest BCUT2D eigenvalue weighted by Crippen LogP contribution is -2.58. The lowest BCUT2D eigenvalue weighted by molar-refractivity contribution is -0.138. The molecule has 1 unspecified atom stereocenters. The molecule has 0 aromatic rings. The first-order valence-corrected chi connectivity index (χ1v) is 5.77. The first-order valence-electron chi connectivity index (χ1n) is 5.77. The van der Waals surface area contributed by atoms with Crippen LogP contribution in [0.3, 0.4) is 0 Å². The van der Waals surface area contributed by atoms with Crippen LogP contribution in [0.4, 0.5) is 13.2 Å². The minimum absolute atomic E-state index is 0.0320. The molecule has 19 heavy (non-hydrogen) atoms. The van der Waals surface area contributed by atoms with E-state index < -0.39 is 30.0 Å². The van der Waals surface area contributed by atoms with E-state index in [9.17, 15) is 22.8 Å². The molecule has 0 spiro atoms. The maximum Gasteiger partial charge on any atom is 0.389 e. The second-order valence-corrected chi connectivity index (χ2v) is 4.57. The summed E-state index contributed by atoms with van der Waals surface area (Å²) < 4.78 is 36.3. The summed E-state index contributed by atoms with van der Waals surface area (Å²) >= 11 is 0. The molecule has 0 bridgehead atoms. The largest absolute Gasteiger partial charge is 0.389 e. The molecule has 0 saturated carbocycles. The molecule has 1 atom stereocenters. The van der Waals surface area contributed by atoms with Gasteiger partial charge in [0.2, 0.25) is 11.8 Å². The first-order chi connectivity index (χ1) is 8.66. The van der Waals surface area contributed by atoms with Crippen molar-refractivity contribution in [3.8, 4) is 0 Å². The predicted octanol–water partition coefficient (Wildman–Crippen LogP) is 0.348. The molecule has 1 heterocycles. The fraction of sp³-hybridized carbons (Fsp3) is 0.636. The van der Waals surface area contributed by atoms with Crippen LogP contribution in [0.1, 0.15) is 25.7 Å². The Morgan fingerprint density at radius 2 is 2.00 bits per heavy atom. The average Bonchev–Trinajstić information content (AvgIpc) is 2.27. The van der Waals surface area contributed by atoms with E-state index in [4.69, 9.17) is 11.5 Å². The summed E-state index contributed by atoms with van der Waals surface area (Å²) in [5.74, 6) is -1.35. The van der Waals surface area contributed by atoms with Crippen molar-refractivity contribution in [1.82, 2.24) is 5.32 Å². The smallest absolute Gasteiger partial charge is 0.368 e. The van der Waals surface area contributed by atoms with Crippen molar-refractivity contribution in [2.24, 2.45) is 11.5 Å². The molecule has 108 valence electrons. The summed E-state index contributed by atoms with van der Waals surface area (Å²) in [4.78, 5) is 22.4. The number of rotatable bonds is 5. The predicted molar refractivity (Wildman–Crippen MR) is 61.7 cm³/mol. The number of carbonyl (C=O) groups is 2. The standard InChI is InChI=1S/C11H16F3N3O2/c12-11(13,14)4-1-3-10(9(16)19)5-2-7(6-17-10)8(15)18/h2,17H,1,3-6H2,(H2,15,18)(H2,16,19). The van der Waals surface area contributed by atoms with Crippen molar-refractivity contribution < 1.29 is 22.8 Å². The number of nitrogens with one attached hydrogen (secondary N) is 1. The Morgan fingerprint density at radius 1 is 1.37 bits per heavy atom. The fourth-order valence-electron chi connectivity index (χ4n) is 1.99. The molecule has 0 saturated heterocycles. The second-order valence-electron chi connectivity index (χ2n) is 4.57. The number of amides is 2. The van der Waals surface area contributed by atoms with E-state index in [1.54, 1.807) is 0 Å². The van der Waals surface area contributed by atoms with E-state index in [0.717, 1.165) is 0 Å². The minimum atomic E-state index is -4.26. The minimum Gasteiger partial charge on any atom is -0.368 e. The van der Waals surface area contributed by atoms with Gasteiger partial charge in [0, 0.05) is 18.5 Å². The zero-order chi connectivity index (χ0) is 14.7. The highest BCUT2D eigenvalue weighted by atomic mass is 19.4. The van der Waals surface area contributed by atoms with E-state index in [-0.39, 0.29) is 25.8 Å². The number of halogens is 3. The molecule has 5 N–H and O–H groups in total. The summed E-state index contributed by atoms with van der Waals surface area (Å²) in [5, 5.41) is 2.74. The molecular weight excluding hydrogens is 263 g/mol. The molecule has 1 aliphatic heterocycles. The van der Waals surface area contributed by atoms with Crippen molar-refractivity contribution in [3.63, 3.8) is 0 Å². The van der Waals surface area contributed by atoms with Crippen molar-refractivity contribution in [2.45, 2.75) is 37.4 Å². The summed E-state index contributed by atoms with van der Waals surface area (Å²) in [6.45, 7) is 0.0320. The molecule has 2 amide bonds. The maximum atomic E-state index is 12.1. The molecule has 8 heteroatoms. The van der Waals surface area contributed by atoms with Crippen LogP contribution in [0.15, 0.2) is 11.6 Å². The molecule has 1 rings (SSSR count). The lowest BCUT2D eigenvalue weighted by Gasteiger charge is -2.34. The zero-order valence-corrected chi connectivity index (χ0v) is 10.2. The third-order valence-corrected chi connectivity index (χ3v) is 3.17. The summed E-state index contributed by atoms with van der Waals surface area (Å²) in [7, 11) is 0. The molecular formula is C11H16F3N3O2. The Kier molecular flexibility index (Phi) is 4.56. The molecule has 0 aliphatic carbocycles. The van der Waals surface area contributed by atoms with Crippen LogP contribution in [0, 0.1) is 0 Å². The number of alkyl halides is 3. The third kappa shape index (κ3) is 4.23.